The summed E-state index contributed by atoms with van der Waals surface area (Å²) in [5, 5.41) is 13.4. The second kappa shape index (κ2) is 36.3. The van der Waals surface area contributed by atoms with E-state index in [1.165, 1.54) is 118 Å². The van der Waals surface area contributed by atoms with Crippen molar-refractivity contribution < 1.29 is 68.5 Å². The van der Waals surface area contributed by atoms with Crippen LogP contribution >= 0.6 is 57.5 Å². The number of aliphatic carboxylic acids is 1. The minimum atomic E-state index is -4.00. The smallest absolute Gasteiger partial charge is 0.313 e. The van der Waals surface area contributed by atoms with Crippen LogP contribution < -0.4 is 30.6 Å². The lowest BCUT2D eigenvalue weighted by molar-refractivity contribution is -0.134. The number of anilines is 3. The summed E-state index contributed by atoms with van der Waals surface area (Å²) in [7, 11) is 1.72. The van der Waals surface area contributed by atoms with Crippen molar-refractivity contribution in [3.8, 4) is 66.6 Å². The fourth-order valence-corrected chi connectivity index (χ4v) is 15.8. The molecule has 0 aliphatic rings. The van der Waals surface area contributed by atoms with Crippen molar-refractivity contribution in [3.63, 3.8) is 0 Å². The maximum absolute atomic E-state index is 14.9. The Hall–Kier alpha value is -11.9. The van der Waals surface area contributed by atoms with Gasteiger partial charge in [0.25, 0.3) is 0 Å². The topological polar surface area (TPSA) is 275 Å². The number of hydrogen-bond donors (Lipinski definition) is 4. The van der Waals surface area contributed by atoms with Crippen LogP contribution in [0.3, 0.4) is 0 Å². The van der Waals surface area contributed by atoms with Crippen LogP contribution in [0.5, 0.6) is 34.5 Å². The summed E-state index contributed by atoms with van der Waals surface area (Å²) < 4.78 is 132. The van der Waals surface area contributed by atoms with Crippen molar-refractivity contribution >= 4 is 133 Å². The monoisotopic (exact) mass is 1610 g/mol. The Bertz CT molecular complexity index is 5880. The number of thioether (sulfide) groups is 2. The van der Waals surface area contributed by atoms with Crippen LogP contribution in [0.25, 0.3) is 62.8 Å². The quantitative estimate of drug-likeness (QED) is 0.0239. The van der Waals surface area contributed by atoms with Gasteiger partial charge in [-0.1, -0.05) is 14.9 Å². The largest absolute Gasteiger partial charge is 0.481 e. The molecule has 0 spiro atoms. The number of carbonyl (C=O) groups excluding carboxylic acids is 2. The number of thiophene rings is 3. The molecule has 0 aliphatic carbocycles. The molecule has 0 saturated heterocycles. The molecule has 0 saturated carbocycles. The summed E-state index contributed by atoms with van der Waals surface area (Å²) in [6.07, 6.45) is 15.5. The molecule has 0 atom stereocenters. The van der Waals surface area contributed by atoms with E-state index in [-0.39, 0.29) is 71.7 Å². The first-order valence-corrected chi connectivity index (χ1v) is 37.9. The summed E-state index contributed by atoms with van der Waals surface area (Å²) in [6, 6.07) is 38.9. The fourth-order valence-electron chi connectivity index (χ4n) is 10.1. The van der Waals surface area contributed by atoms with E-state index >= 15 is 0 Å². The maximum Gasteiger partial charge on any atom is 0.313 e. The standard InChI is InChI=1S/C25H18F2N4O4S2.C25H18F2N4O2S2.C17H13FN4OS.C8H7FO2S.2CH4/c1-31-11-10-29-25(31)22-13-19-24(36-22)21(8-9-28-19)35-20-7-4-16(12-18(20)27)30-23(32)14-37(33,34)17-5-2-15(26)3-6-17;1-31-11-10-29-25(31)22-13-19-24(35-22)21(8-9-28-19)33-20-7-4-16(12-18(20)27)30-23(32)14-34-17-5-2-15(26)3-6-17;1-22-7-6-21-17(22)15-9-12-16(24-15)14(4-5-20-12)23-13-3-2-10(19)8-11(13)18;9-6-1-3-7(4-2-6)12-5-8(10)11;;/h2-13H,14H2,1H3,(H,30,32);2-13H,14H2,1H3,(H,30,32);2-9H,19H2,1H3;1-4H,5H2,(H,10,11);2*1H4. The van der Waals surface area contributed by atoms with Gasteiger partial charge in [0.1, 0.15) is 57.9 Å². The number of ether oxygens (including phenoxy) is 3. The number of carbonyl (C=O) groups is 3. The van der Waals surface area contributed by atoms with Gasteiger partial charge in [-0.2, -0.15) is 0 Å². The summed E-state index contributed by atoms with van der Waals surface area (Å²) in [5.41, 5.74) is 8.48. The number of hydrogen-bond acceptors (Lipinski definition) is 20. The van der Waals surface area contributed by atoms with Crippen LogP contribution in [0.2, 0.25) is 0 Å². The van der Waals surface area contributed by atoms with Crippen molar-refractivity contribution in [2.75, 3.05) is 33.6 Å². The molecular formula is C77H64F6N12O9S6. The van der Waals surface area contributed by atoms with Crippen LogP contribution in [-0.4, -0.2) is 92.2 Å². The molecule has 0 radical (unpaired) electrons. The highest BCUT2D eigenvalue weighted by Crippen LogP contribution is 2.43. The molecule has 15 rings (SSSR count). The van der Waals surface area contributed by atoms with Gasteiger partial charge in [0.15, 0.2) is 44.5 Å². The summed E-state index contributed by atoms with van der Waals surface area (Å²) in [4.78, 5) is 64.9. The number of benzene rings is 6. The van der Waals surface area contributed by atoms with Gasteiger partial charge in [-0.25, -0.2) is 49.7 Å². The van der Waals surface area contributed by atoms with Crippen LogP contribution in [0.4, 0.5) is 43.4 Å². The first kappa shape index (κ1) is 80.7. The molecule has 2 amide bonds. The van der Waals surface area contributed by atoms with Gasteiger partial charge in [0, 0.05) is 140 Å². The lowest BCUT2D eigenvalue weighted by Crippen LogP contribution is -2.23. The average molecular weight is 1610 g/mol. The summed E-state index contributed by atoms with van der Waals surface area (Å²) in [6.45, 7) is 0. The van der Waals surface area contributed by atoms with Crippen molar-refractivity contribution in [3.05, 3.63) is 254 Å². The average Bonchev–Trinajstić information content (AvgIpc) is 1.65. The van der Waals surface area contributed by atoms with E-state index < -0.39 is 50.7 Å². The molecule has 21 nitrogen and oxygen atoms in total. The molecule has 0 fully saturated rings. The summed E-state index contributed by atoms with van der Waals surface area (Å²) >= 11 is 6.81. The number of carboxylic acids is 1. The molecule has 9 aromatic heterocycles. The Balaban J connectivity index is 0.000000164. The van der Waals surface area contributed by atoms with Gasteiger partial charge in [0.2, 0.25) is 11.8 Å². The van der Waals surface area contributed by atoms with Gasteiger partial charge in [-0.15, -0.1) is 57.5 Å². The minimum Gasteiger partial charge on any atom is -0.481 e. The zero-order valence-corrected chi connectivity index (χ0v) is 61.3. The van der Waals surface area contributed by atoms with Gasteiger partial charge in [-0.05, 0) is 127 Å². The number of aromatic nitrogens is 9. The molecular weight excluding hydrogens is 1540 g/mol. The normalized spacial score (nSPS) is 10.9. The molecule has 9 heterocycles. The lowest BCUT2D eigenvalue weighted by atomic mass is 10.3. The number of sulfone groups is 1. The van der Waals surface area contributed by atoms with Crippen molar-refractivity contribution in [2.45, 2.75) is 29.5 Å². The van der Waals surface area contributed by atoms with Gasteiger partial charge < -0.3 is 49.4 Å². The van der Waals surface area contributed by atoms with Crippen LogP contribution in [0.1, 0.15) is 14.9 Å². The Labute approximate surface area is 646 Å². The van der Waals surface area contributed by atoms with Crippen LogP contribution in [0, 0.1) is 34.9 Å². The number of imidazole rings is 3. The number of aryl methyl sites for hydroxylation is 3. The highest BCUT2D eigenvalue weighted by atomic mass is 32.2. The second-order valence-electron chi connectivity index (χ2n) is 23.0. The number of halogens is 6. The fraction of sp³-hybridized carbons (Fsp3) is 0.104. The zero-order valence-electron chi connectivity index (χ0n) is 56.4. The molecule has 15 aromatic rings. The first-order chi connectivity index (χ1) is 51.9. The predicted octanol–water partition coefficient (Wildman–Crippen LogP) is 19.2. The van der Waals surface area contributed by atoms with Crippen molar-refractivity contribution in [1.82, 2.24) is 43.6 Å². The van der Waals surface area contributed by atoms with Crippen LogP contribution in [-0.2, 0) is 45.4 Å². The highest BCUT2D eigenvalue weighted by molar-refractivity contribution is 8.00. The Morgan fingerprint density at radius 2 is 0.800 bits per heavy atom. The third-order valence-electron chi connectivity index (χ3n) is 15.2. The van der Waals surface area contributed by atoms with E-state index in [1.54, 1.807) is 91.8 Å². The number of rotatable bonds is 20. The van der Waals surface area contributed by atoms with E-state index in [0.29, 0.717) is 38.8 Å². The second-order valence-corrected chi connectivity index (χ2v) is 30.2. The number of nitrogens with one attached hydrogen (secondary N) is 2. The van der Waals surface area contributed by atoms with Crippen molar-refractivity contribution in [1.29, 1.82) is 0 Å². The third-order valence-corrected chi connectivity index (χ3v) is 22.2. The number of fused-ring (bicyclic) bond motifs is 3. The van der Waals surface area contributed by atoms with Gasteiger partial charge in [-0.3, -0.25) is 29.3 Å². The van der Waals surface area contributed by atoms with Gasteiger partial charge >= 0.3 is 5.97 Å². The number of amides is 2. The van der Waals surface area contributed by atoms with E-state index in [1.807, 2.05) is 71.6 Å². The van der Waals surface area contributed by atoms with E-state index in [0.717, 1.165) is 92.7 Å². The number of nitrogen functional groups attached to an aromatic ring is 1. The lowest BCUT2D eigenvalue weighted by Gasteiger charge is -2.10. The molecule has 6 aromatic carbocycles. The summed E-state index contributed by atoms with van der Waals surface area (Å²) in [5.74, 6) is -2.00. The Morgan fingerprint density at radius 3 is 1.15 bits per heavy atom. The first-order valence-electron chi connectivity index (χ1n) is 31.8. The van der Waals surface area contributed by atoms with Crippen LogP contribution in [0.15, 0.2) is 234 Å². The minimum absolute atomic E-state index is 0. The third kappa shape index (κ3) is 20.5. The Kier molecular flexibility index (Phi) is 26.7. The van der Waals surface area contributed by atoms with Crippen molar-refractivity contribution in [2.24, 2.45) is 21.1 Å². The predicted molar refractivity (Wildman–Crippen MR) is 420 cm³/mol. The molecule has 0 aliphatic heterocycles. The van der Waals surface area contributed by atoms with E-state index in [9.17, 15) is 49.1 Å². The zero-order chi connectivity index (χ0) is 76.2. The molecule has 0 bridgehead atoms. The van der Waals surface area contributed by atoms with E-state index in [4.69, 9.17) is 25.1 Å². The molecule has 5 N–H and O–H groups in total. The molecule has 0 unspecified atom stereocenters. The highest BCUT2D eigenvalue weighted by Gasteiger charge is 2.23. The number of carboxylic acid groups (broad SMARTS) is 1. The molecule has 564 valence electrons. The maximum atomic E-state index is 14.9. The SMILES string of the molecule is C.C.Cn1ccnc1-c1cc2nccc(Oc3ccc(N)cc3F)c2s1.Cn1ccnc1-c1cc2nccc(Oc3ccc(NC(=O)CS(=O)(=O)c4ccc(F)cc4)cc3F)c2s1.Cn1ccnc1-c1cc2nccc(Oc3ccc(NC(=O)CSc4ccc(F)cc4)cc3F)c2s1.O=C(O)CSc1ccc(F)cc1. The molecule has 33 heteroatoms. The number of nitrogens with two attached hydrogens (primary N) is 1. The van der Waals surface area contributed by atoms with Gasteiger partial charge in [0.05, 0.1) is 61.7 Å². The molecule has 110 heavy (non-hydrogen) atoms. The number of pyridine rings is 3. The van der Waals surface area contributed by atoms with E-state index in [2.05, 4.69) is 40.5 Å². The Morgan fingerprint density at radius 1 is 0.445 bits per heavy atom. The number of nitrogens with zero attached hydrogens (tertiary/aromatic N) is 9.